The number of hydrogen-bond acceptors (Lipinski definition) is 4. The number of nitrogens with zero attached hydrogens (tertiary/aromatic N) is 1. The minimum atomic E-state index is -0.398. The third kappa shape index (κ3) is 4.45. The maximum absolute atomic E-state index is 12.0. The first-order chi connectivity index (χ1) is 11.0. The minimum Gasteiger partial charge on any atom is -0.465 e. The van der Waals surface area contributed by atoms with Gasteiger partial charge in [-0.1, -0.05) is 6.92 Å². The van der Waals surface area contributed by atoms with Crippen molar-refractivity contribution in [2.24, 2.45) is 0 Å². The molecule has 1 saturated heterocycles. The summed E-state index contributed by atoms with van der Waals surface area (Å²) in [5.41, 5.74) is 2.10. The predicted molar refractivity (Wildman–Crippen MR) is 90.2 cm³/mol. The highest BCUT2D eigenvalue weighted by Gasteiger charge is 2.21. The quantitative estimate of drug-likeness (QED) is 0.778. The molecule has 1 aliphatic rings. The molecule has 0 bridgehead atoms. The van der Waals surface area contributed by atoms with Gasteiger partial charge in [-0.05, 0) is 24.6 Å². The van der Waals surface area contributed by atoms with E-state index in [1.165, 1.54) is 12.0 Å². The third-order valence-electron chi connectivity index (χ3n) is 4.13. The van der Waals surface area contributed by atoms with Gasteiger partial charge in [-0.2, -0.15) is 0 Å². The maximum Gasteiger partial charge on any atom is 0.337 e. The Balaban J connectivity index is 2.28. The number of carbonyl (C=O) groups is 2. The molecule has 6 heteroatoms. The first-order valence-electron chi connectivity index (χ1n) is 8.13. The molecular weight excluding hydrogens is 294 g/mol. The Morgan fingerprint density at radius 1 is 1.30 bits per heavy atom. The molecule has 1 aliphatic heterocycles. The molecule has 0 saturated carbocycles. The van der Waals surface area contributed by atoms with Crippen molar-refractivity contribution in [3.05, 3.63) is 23.8 Å². The van der Waals surface area contributed by atoms with Crippen molar-refractivity contribution in [2.45, 2.75) is 19.8 Å². The zero-order valence-electron chi connectivity index (χ0n) is 14.1. The van der Waals surface area contributed by atoms with Gasteiger partial charge in [0.25, 0.3) is 0 Å². The number of rotatable bonds is 5. The third-order valence-corrected chi connectivity index (χ3v) is 4.13. The van der Waals surface area contributed by atoms with Crippen LogP contribution < -0.4 is 15.1 Å². The zero-order valence-corrected chi connectivity index (χ0v) is 14.1. The van der Waals surface area contributed by atoms with Crippen LogP contribution in [0, 0.1) is 0 Å². The number of anilines is 2. The Labute approximate surface area is 137 Å². The Morgan fingerprint density at radius 3 is 2.61 bits per heavy atom. The van der Waals surface area contributed by atoms with E-state index in [1.807, 2.05) is 13.0 Å². The molecular formula is C17H26N3O3+. The highest BCUT2D eigenvalue weighted by atomic mass is 16.5. The van der Waals surface area contributed by atoms with Gasteiger partial charge in [0.1, 0.15) is 0 Å². The number of esters is 1. The van der Waals surface area contributed by atoms with Crippen molar-refractivity contribution >= 4 is 23.3 Å². The molecule has 0 atom stereocenters. The molecule has 2 rings (SSSR count). The summed E-state index contributed by atoms with van der Waals surface area (Å²) in [6.45, 7) is 5.94. The predicted octanol–water partition coefficient (Wildman–Crippen LogP) is 0.547. The van der Waals surface area contributed by atoms with Gasteiger partial charge in [0.15, 0.2) is 0 Å². The number of quaternary nitrogens is 1. The zero-order chi connectivity index (χ0) is 16.8. The molecule has 0 aliphatic carbocycles. The summed E-state index contributed by atoms with van der Waals surface area (Å²) in [7, 11) is 3.54. The van der Waals surface area contributed by atoms with E-state index in [4.69, 9.17) is 4.74 Å². The van der Waals surface area contributed by atoms with Crippen LogP contribution in [0.4, 0.5) is 11.4 Å². The van der Waals surface area contributed by atoms with Gasteiger partial charge in [0.2, 0.25) is 5.91 Å². The van der Waals surface area contributed by atoms with Crippen LogP contribution in [-0.4, -0.2) is 52.2 Å². The highest BCUT2D eigenvalue weighted by Crippen LogP contribution is 2.28. The normalized spacial score (nSPS) is 15.3. The van der Waals surface area contributed by atoms with Gasteiger partial charge < -0.3 is 19.9 Å². The Kier molecular flexibility index (Phi) is 5.98. The fraction of sp³-hybridized carbons (Fsp3) is 0.529. The first-order valence-corrected chi connectivity index (χ1v) is 8.13. The van der Waals surface area contributed by atoms with Crippen molar-refractivity contribution < 1.29 is 19.2 Å². The summed E-state index contributed by atoms with van der Waals surface area (Å²) in [6, 6.07) is 5.36. The number of carbonyl (C=O) groups excluding carboxylic acids is 2. The van der Waals surface area contributed by atoms with E-state index in [-0.39, 0.29) is 5.91 Å². The SMILES string of the molecule is CCCC(=O)Nc1cc(C(=O)OC)ccc1N1CC[NH+](C)CC1. The van der Waals surface area contributed by atoms with Gasteiger partial charge in [0.05, 0.1) is 57.3 Å². The molecule has 6 nitrogen and oxygen atoms in total. The fourth-order valence-corrected chi connectivity index (χ4v) is 2.73. The molecule has 126 valence electrons. The second kappa shape index (κ2) is 7.97. The van der Waals surface area contributed by atoms with Gasteiger partial charge in [0, 0.05) is 6.42 Å². The topological polar surface area (TPSA) is 63.1 Å². The Bertz CT molecular complexity index is 566. The molecule has 0 unspecified atom stereocenters. The lowest BCUT2D eigenvalue weighted by atomic mass is 10.1. The Hall–Kier alpha value is -2.08. The second-order valence-corrected chi connectivity index (χ2v) is 5.97. The van der Waals surface area contributed by atoms with Crippen LogP contribution in [0.2, 0.25) is 0 Å². The lowest BCUT2D eigenvalue weighted by Crippen LogP contribution is -3.12. The van der Waals surface area contributed by atoms with Gasteiger partial charge in [-0.15, -0.1) is 0 Å². The largest absolute Gasteiger partial charge is 0.465 e. The van der Waals surface area contributed by atoms with Crippen molar-refractivity contribution in [2.75, 3.05) is 50.6 Å². The number of methoxy groups -OCH3 is 1. The molecule has 1 fully saturated rings. The maximum atomic E-state index is 12.0. The van der Waals surface area contributed by atoms with Crippen LogP contribution >= 0.6 is 0 Å². The standard InChI is InChI=1S/C17H25N3O3/c1-4-5-16(21)18-14-12-13(17(22)23-3)6-7-15(14)20-10-8-19(2)9-11-20/h6-7,12H,4-5,8-11H2,1-3H3,(H,18,21)/p+1. The molecule has 1 amide bonds. The average molecular weight is 320 g/mol. The number of nitrogens with one attached hydrogen (secondary N) is 2. The summed E-state index contributed by atoms with van der Waals surface area (Å²) < 4.78 is 4.77. The van der Waals surface area contributed by atoms with E-state index in [0.717, 1.165) is 38.3 Å². The van der Waals surface area contributed by atoms with Crippen LogP contribution in [0.5, 0.6) is 0 Å². The number of hydrogen-bond donors (Lipinski definition) is 2. The van der Waals surface area contributed by atoms with E-state index in [0.29, 0.717) is 17.7 Å². The summed E-state index contributed by atoms with van der Waals surface area (Å²) in [6.07, 6.45) is 1.25. The molecule has 23 heavy (non-hydrogen) atoms. The number of amides is 1. The van der Waals surface area contributed by atoms with E-state index >= 15 is 0 Å². The number of ether oxygens (including phenoxy) is 1. The van der Waals surface area contributed by atoms with E-state index in [9.17, 15) is 9.59 Å². The Morgan fingerprint density at radius 2 is 2.00 bits per heavy atom. The van der Waals surface area contributed by atoms with Gasteiger partial charge >= 0.3 is 5.97 Å². The summed E-state index contributed by atoms with van der Waals surface area (Å²) >= 11 is 0. The summed E-state index contributed by atoms with van der Waals surface area (Å²) in [4.78, 5) is 27.5. The van der Waals surface area contributed by atoms with Crippen LogP contribution in [-0.2, 0) is 9.53 Å². The van der Waals surface area contributed by atoms with Crippen LogP contribution in [0.1, 0.15) is 30.1 Å². The minimum absolute atomic E-state index is 0.0319. The molecule has 1 aromatic carbocycles. The van der Waals surface area contributed by atoms with E-state index < -0.39 is 5.97 Å². The van der Waals surface area contributed by atoms with Crippen molar-refractivity contribution in [3.8, 4) is 0 Å². The molecule has 1 aromatic rings. The summed E-state index contributed by atoms with van der Waals surface area (Å²) in [5.74, 6) is -0.430. The van der Waals surface area contributed by atoms with E-state index in [1.54, 1.807) is 12.1 Å². The molecule has 0 radical (unpaired) electrons. The van der Waals surface area contributed by atoms with Gasteiger partial charge in [-0.25, -0.2) is 4.79 Å². The molecule has 0 aromatic heterocycles. The van der Waals surface area contributed by atoms with Crippen LogP contribution in [0.25, 0.3) is 0 Å². The summed E-state index contributed by atoms with van der Waals surface area (Å²) in [5, 5.41) is 2.94. The van der Waals surface area contributed by atoms with Crippen LogP contribution in [0.3, 0.4) is 0 Å². The lowest BCUT2D eigenvalue weighted by molar-refractivity contribution is -0.880. The smallest absolute Gasteiger partial charge is 0.337 e. The van der Waals surface area contributed by atoms with Crippen molar-refractivity contribution in [1.82, 2.24) is 0 Å². The second-order valence-electron chi connectivity index (χ2n) is 5.97. The van der Waals surface area contributed by atoms with Gasteiger partial charge in [-0.3, -0.25) is 4.79 Å². The fourth-order valence-electron chi connectivity index (χ4n) is 2.73. The molecule has 0 spiro atoms. The average Bonchev–Trinajstić information content (AvgIpc) is 2.55. The number of piperazine rings is 1. The molecule has 2 N–H and O–H groups in total. The lowest BCUT2D eigenvalue weighted by Gasteiger charge is -2.33. The van der Waals surface area contributed by atoms with Crippen molar-refractivity contribution in [1.29, 1.82) is 0 Å². The van der Waals surface area contributed by atoms with Crippen LogP contribution in [0.15, 0.2) is 18.2 Å². The van der Waals surface area contributed by atoms with E-state index in [2.05, 4.69) is 17.3 Å². The number of benzene rings is 1. The first kappa shape index (κ1) is 17.3. The highest BCUT2D eigenvalue weighted by molar-refractivity contribution is 5.98. The monoisotopic (exact) mass is 320 g/mol. The molecule has 1 heterocycles. The van der Waals surface area contributed by atoms with Crippen molar-refractivity contribution in [3.63, 3.8) is 0 Å². The number of likely N-dealkylation sites (N-methyl/N-ethyl adjacent to an activating group) is 1.